The van der Waals surface area contributed by atoms with Crippen LogP contribution in [0.25, 0.3) is 21.3 Å². The lowest BCUT2D eigenvalue weighted by Gasteiger charge is -2.09. The Morgan fingerprint density at radius 2 is 1.88 bits per heavy atom. The maximum absolute atomic E-state index is 5.45. The zero-order valence-electron chi connectivity index (χ0n) is 13.8. The molecule has 0 saturated heterocycles. The molecular weight excluding hydrogens is 346 g/mol. The molecule has 0 amide bonds. The van der Waals surface area contributed by atoms with E-state index in [0.29, 0.717) is 6.54 Å². The number of nitrogens with zero attached hydrogens (tertiary/aromatic N) is 2. The highest BCUT2D eigenvalue weighted by molar-refractivity contribution is 7.17. The molecule has 0 radical (unpaired) electrons. The summed E-state index contributed by atoms with van der Waals surface area (Å²) in [5.74, 6) is 2.42. The van der Waals surface area contributed by atoms with Crippen LogP contribution in [0.15, 0.2) is 60.2 Å². The number of anilines is 1. The monoisotopic (exact) mass is 361 g/mol. The Balaban J connectivity index is 1.48. The summed E-state index contributed by atoms with van der Waals surface area (Å²) in [6, 6.07) is 16.3. The minimum absolute atomic E-state index is 0.286. The summed E-state index contributed by atoms with van der Waals surface area (Å²) in [4.78, 5) is 9.88. The van der Waals surface area contributed by atoms with Crippen LogP contribution < -0.4 is 14.8 Å². The lowest BCUT2D eigenvalue weighted by atomic mass is 10.1. The molecule has 0 bridgehead atoms. The number of hydrogen-bond acceptors (Lipinski definition) is 6. The molecule has 0 aliphatic carbocycles. The van der Waals surface area contributed by atoms with Crippen LogP contribution >= 0.6 is 11.3 Å². The summed E-state index contributed by atoms with van der Waals surface area (Å²) in [6.07, 6.45) is 1.61. The van der Waals surface area contributed by atoms with Gasteiger partial charge in [0.15, 0.2) is 11.5 Å². The lowest BCUT2D eigenvalue weighted by molar-refractivity contribution is 0.174. The van der Waals surface area contributed by atoms with Gasteiger partial charge in [-0.1, -0.05) is 36.4 Å². The minimum Gasteiger partial charge on any atom is -0.454 e. The summed E-state index contributed by atoms with van der Waals surface area (Å²) in [5, 5.41) is 6.65. The Bertz CT molecular complexity index is 1080. The van der Waals surface area contributed by atoms with Crippen molar-refractivity contribution in [2.75, 3.05) is 12.1 Å². The fourth-order valence-electron chi connectivity index (χ4n) is 3.08. The predicted octanol–water partition coefficient (Wildman–Crippen LogP) is 4.70. The molecule has 26 heavy (non-hydrogen) atoms. The van der Waals surface area contributed by atoms with Gasteiger partial charge in [-0.2, -0.15) is 0 Å². The molecule has 0 fully saturated rings. The maximum atomic E-state index is 5.45. The van der Waals surface area contributed by atoms with Crippen molar-refractivity contribution in [3.05, 3.63) is 65.8 Å². The molecule has 5 nitrogen and oxygen atoms in total. The van der Waals surface area contributed by atoms with Gasteiger partial charge in [0.2, 0.25) is 6.79 Å². The molecule has 0 saturated carbocycles. The maximum Gasteiger partial charge on any atom is 0.231 e. The van der Waals surface area contributed by atoms with Crippen molar-refractivity contribution < 1.29 is 9.47 Å². The third-order valence-electron chi connectivity index (χ3n) is 4.35. The SMILES string of the molecule is c1ccc(-c2csc3ncnc(NCc4ccc5c(c4)OCO5)c23)cc1. The molecule has 1 aliphatic heterocycles. The number of thiophene rings is 1. The largest absolute Gasteiger partial charge is 0.454 e. The van der Waals surface area contributed by atoms with Gasteiger partial charge in [-0.25, -0.2) is 9.97 Å². The third kappa shape index (κ3) is 2.64. The van der Waals surface area contributed by atoms with Gasteiger partial charge in [0.1, 0.15) is 17.0 Å². The number of aromatic nitrogens is 2. The number of nitrogens with one attached hydrogen (secondary N) is 1. The van der Waals surface area contributed by atoms with Crippen LogP contribution in [0.2, 0.25) is 0 Å². The van der Waals surface area contributed by atoms with Crippen LogP contribution in [0.5, 0.6) is 11.5 Å². The Morgan fingerprint density at radius 3 is 2.81 bits per heavy atom. The van der Waals surface area contributed by atoms with Crippen LogP contribution in [-0.4, -0.2) is 16.8 Å². The molecule has 1 aliphatic rings. The van der Waals surface area contributed by atoms with Crippen molar-refractivity contribution in [1.82, 2.24) is 9.97 Å². The molecule has 0 spiro atoms. The summed E-state index contributed by atoms with van der Waals surface area (Å²) >= 11 is 1.63. The Hall–Kier alpha value is -3.12. The van der Waals surface area contributed by atoms with Crippen LogP contribution in [-0.2, 0) is 6.54 Å². The topological polar surface area (TPSA) is 56.3 Å². The average molecular weight is 361 g/mol. The first-order chi connectivity index (χ1) is 12.9. The first-order valence-corrected chi connectivity index (χ1v) is 9.16. The van der Waals surface area contributed by atoms with Crippen molar-refractivity contribution in [3.63, 3.8) is 0 Å². The van der Waals surface area contributed by atoms with Crippen LogP contribution in [0, 0.1) is 0 Å². The van der Waals surface area contributed by atoms with Gasteiger partial charge in [0, 0.05) is 17.5 Å². The number of hydrogen-bond donors (Lipinski definition) is 1. The predicted molar refractivity (Wildman–Crippen MR) is 103 cm³/mol. The Labute approximate surface area is 154 Å². The van der Waals surface area contributed by atoms with Gasteiger partial charge >= 0.3 is 0 Å². The van der Waals surface area contributed by atoms with E-state index in [4.69, 9.17) is 9.47 Å². The standard InChI is InChI=1S/C20H15N3O2S/c1-2-4-14(5-3-1)15-10-26-20-18(15)19(22-11-23-20)21-9-13-6-7-16-17(8-13)25-12-24-16/h1-8,10-11H,9,12H2,(H,21,22,23). The van der Waals surface area contributed by atoms with Crippen molar-refractivity contribution in [2.24, 2.45) is 0 Å². The fourth-order valence-corrected chi connectivity index (χ4v) is 3.99. The zero-order valence-corrected chi connectivity index (χ0v) is 14.6. The molecule has 5 rings (SSSR count). The smallest absolute Gasteiger partial charge is 0.231 e. The normalized spacial score (nSPS) is 12.5. The molecule has 3 heterocycles. The molecule has 0 atom stereocenters. The van der Waals surface area contributed by atoms with Crippen LogP contribution in [0.3, 0.4) is 0 Å². The summed E-state index contributed by atoms with van der Waals surface area (Å²) in [7, 11) is 0. The lowest BCUT2D eigenvalue weighted by Crippen LogP contribution is -2.02. The van der Waals surface area contributed by atoms with E-state index in [9.17, 15) is 0 Å². The van der Waals surface area contributed by atoms with E-state index in [2.05, 4.69) is 32.8 Å². The van der Waals surface area contributed by atoms with E-state index in [-0.39, 0.29) is 6.79 Å². The van der Waals surface area contributed by atoms with Crippen molar-refractivity contribution in [2.45, 2.75) is 6.54 Å². The Morgan fingerprint density at radius 1 is 1.00 bits per heavy atom. The Kier molecular flexibility index (Phi) is 3.68. The van der Waals surface area contributed by atoms with E-state index in [1.54, 1.807) is 17.7 Å². The molecule has 128 valence electrons. The second-order valence-electron chi connectivity index (χ2n) is 5.96. The number of fused-ring (bicyclic) bond motifs is 2. The van der Waals surface area contributed by atoms with E-state index in [0.717, 1.165) is 38.7 Å². The number of benzene rings is 2. The molecule has 1 N–H and O–H groups in total. The highest BCUT2D eigenvalue weighted by Crippen LogP contribution is 2.37. The number of rotatable bonds is 4. The van der Waals surface area contributed by atoms with Gasteiger partial charge in [-0.3, -0.25) is 0 Å². The molecular formula is C20H15N3O2S. The zero-order chi connectivity index (χ0) is 17.3. The van der Waals surface area contributed by atoms with E-state index in [1.165, 1.54) is 5.56 Å². The first kappa shape index (κ1) is 15.2. The van der Waals surface area contributed by atoms with Crippen molar-refractivity contribution >= 4 is 27.4 Å². The quantitative estimate of drug-likeness (QED) is 0.571. The van der Waals surface area contributed by atoms with Crippen LogP contribution in [0.4, 0.5) is 5.82 Å². The number of ether oxygens (including phenoxy) is 2. The van der Waals surface area contributed by atoms with Gasteiger partial charge in [0.25, 0.3) is 0 Å². The van der Waals surface area contributed by atoms with Gasteiger partial charge in [0.05, 0.1) is 5.39 Å². The minimum atomic E-state index is 0.286. The van der Waals surface area contributed by atoms with Crippen LogP contribution in [0.1, 0.15) is 5.56 Å². The third-order valence-corrected chi connectivity index (χ3v) is 5.24. The molecule has 0 unspecified atom stereocenters. The fraction of sp³-hybridized carbons (Fsp3) is 0.100. The van der Waals surface area contributed by atoms with E-state index >= 15 is 0 Å². The summed E-state index contributed by atoms with van der Waals surface area (Å²) in [5.41, 5.74) is 3.43. The average Bonchev–Trinajstić information content (AvgIpc) is 3.33. The summed E-state index contributed by atoms with van der Waals surface area (Å²) in [6.45, 7) is 0.931. The highest BCUT2D eigenvalue weighted by atomic mass is 32.1. The van der Waals surface area contributed by atoms with Gasteiger partial charge < -0.3 is 14.8 Å². The van der Waals surface area contributed by atoms with Gasteiger partial charge in [-0.15, -0.1) is 11.3 Å². The van der Waals surface area contributed by atoms with Gasteiger partial charge in [-0.05, 0) is 23.3 Å². The first-order valence-electron chi connectivity index (χ1n) is 8.28. The second kappa shape index (κ2) is 6.31. The van der Waals surface area contributed by atoms with Crippen molar-refractivity contribution in [3.8, 4) is 22.6 Å². The second-order valence-corrected chi connectivity index (χ2v) is 6.82. The molecule has 2 aromatic heterocycles. The van der Waals surface area contributed by atoms with Crippen molar-refractivity contribution in [1.29, 1.82) is 0 Å². The highest BCUT2D eigenvalue weighted by Gasteiger charge is 2.15. The molecule has 6 heteroatoms. The van der Waals surface area contributed by atoms with E-state index in [1.807, 2.05) is 36.4 Å². The van der Waals surface area contributed by atoms with E-state index < -0.39 is 0 Å². The molecule has 2 aromatic carbocycles. The summed E-state index contributed by atoms with van der Waals surface area (Å²) < 4.78 is 10.8. The molecule has 4 aromatic rings.